The van der Waals surface area contributed by atoms with Crippen LogP contribution in [0.2, 0.25) is 0 Å². The molecule has 2 aliphatic rings. The third-order valence-electron chi connectivity index (χ3n) is 7.72. The van der Waals surface area contributed by atoms with Crippen LogP contribution in [0.25, 0.3) is 33.6 Å². The molecule has 0 radical (unpaired) electrons. The number of aromatic nitrogens is 4. The molecule has 1 unspecified atom stereocenters. The van der Waals surface area contributed by atoms with Crippen molar-refractivity contribution in [2.24, 2.45) is 18.7 Å². The van der Waals surface area contributed by atoms with Crippen LogP contribution in [0.1, 0.15) is 23.2 Å². The zero-order chi connectivity index (χ0) is 24.3. The van der Waals surface area contributed by atoms with Crippen LogP contribution in [-0.2, 0) is 18.3 Å². The standard InChI is InChI=1S/C26H30N6O3/c1-30-23-18(29-25(30)20-12-15-5-4-8-28-24(15)31(20)9-10-34-2)11-17(13-21(23)35-3)26(33)32-14-16-6-7-19(32)22(16)27/h4-5,8,11-13,16,19,22H,6-7,9-10,14,27H2,1-3H3/t16-,19-,22?/m1/s1. The summed E-state index contributed by atoms with van der Waals surface area (Å²) in [6, 6.07) is 9.98. The molecule has 2 fully saturated rings. The Bertz CT molecular complexity index is 1440. The Hall–Kier alpha value is -3.43. The molecule has 1 saturated carbocycles. The number of piperidine rings is 1. The molecule has 182 valence electrons. The van der Waals surface area contributed by atoms with E-state index in [9.17, 15) is 4.79 Å². The zero-order valence-corrected chi connectivity index (χ0v) is 20.3. The van der Waals surface area contributed by atoms with E-state index in [0.29, 0.717) is 30.4 Å². The van der Waals surface area contributed by atoms with Gasteiger partial charge in [0.1, 0.15) is 16.9 Å². The van der Waals surface area contributed by atoms with Gasteiger partial charge in [0.05, 0.1) is 24.9 Å². The number of methoxy groups -OCH3 is 2. The van der Waals surface area contributed by atoms with Gasteiger partial charge in [0.2, 0.25) is 0 Å². The molecule has 2 N–H and O–H groups in total. The third kappa shape index (κ3) is 3.33. The molecule has 1 saturated heterocycles. The molecule has 3 atom stereocenters. The van der Waals surface area contributed by atoms with E-state index in [1.807, 2.05) is 40.8 Å². The summed E-state index contributed by atoms with van der Waals surface area (Å²) in [6.07, 6.45) is 3.88. The highest BCUT2D eigenvalue weighted by molar-refractivity contribution is 6.00. The number of aryl methyl sites for hydroxylation is 1. The predicted octanol–water partition coefficient (Wildman–Crippen LogP) is 2.81. The molecule has 4 heterocycles. The molecule has 1 aliphatic carbocycles. The van der Waals surface area contributed by atoms with Crippen molar-refractivity contribution in [2.45, 2.75) is 31.5 Å². The van der Waals surface area contributed by atoms with E-state index in [4.69, 9.17) is 20.2 Å². The maximum Gasteiger partial charge on any atom is 0.254 e. The Balaban J connectivity index is 1.46. The summed E-state index contributed by atoms with van der Waals surface area (Å²) in [5.41, 5.74) is 10.3. The lowest BCUT2D eigenvalue weighted by molar-refractivity contribution is 0.0700. The van der Waals surface area contributed by atoms with Crippen molar-refractivity contribution in [1.29, 1.82) is 0 Å². The van der Waals surface area contributed by atoms with Crippen LogP contribution in [0.4, 0.5) is 0 Å². The monoisotopic (exact) mass is 474 g/mol. The number of rotatable bonds is 6. The van der Waals surface area contributed by atoms with Gasteiger partial charge in [-0.2, -0.15) is 0 Å². The van der Waals surface area contributed by atoms with Gasteiger partial charge in [0, 0.05) is 56.5 Å². The molecule has 1 aliphatic heterocycles. The average Bonchev–Trinajstić information content (AvgIpc) is 3.61. The molecule has 9 heteroatoms. The van der Waals surface area contributed by atoms with Crippen LogP contribution in [0.5, 0.6) is 5.75 Å². The van der Waals surface area contributed by atoms with E-state index in [0.717, 1.165) is 53.0 Å². The Labute approximate surface area is 203 Å². The van der Waals surface area contributed by atoms with Crippen molar-refractivity contribution in [3.63, 3.8) is 0 Å². The number of hydrogen-bond acceptors (Lipinski definition) is 6. The fourth-order valence-corrected chi connectivity index (χ4v) is 5.95. The van der Waals surface area contributed by atoms with Gasteiger partial charge in [-0.05, 0) is 49.1 Å². The van der Waals surface area contributed by atoms with Crippen LogP contribution < -0.4 is 10.5 Å². The van der Waals surface area contributed by atoms with Gasteiger partial charge in [0.25, 0.3) is 5.91 Å². The van der Waals surface area contributed by atoms with Gasteiger partial charge in [-0.15, -0.1) is 0 Å². The number of carbonyl (C=O) groups excluding carboxylic acids is 1. The first-order valence-electron chi connectivity index (χ1n) is 12.1. The quantitative estimate of drug-likeness (QED) is 0.461. The SMILES string of the molecule is COCCn1c(-c2nc3cc(C(=O)N4C[C@H]5CC[C@@H]4C5N)cc(OC)c3n2C)cc2cccnc21. The lowest BCUT2D eigenvalue weighted by Gasteiger charge is -2.27. The number of fused-ring (bicyclic) bond motifs is 4. The number of benzene rings is 1. The van der Waals surface area contributed by atoms with E-state index < -0.39 is 0 Å². The van der Waals surface area contributed by atoms with Crippen molar-refractivity contribution in [3.05, 3.63) is 42.1 Å². The minimum Gasteiger partial charge on any atom is -0.494 e. The Morgan fingerprint density at radius 1 is 1.23 bits per heavy atom. The lowest BCUT2D eigenvalue weighted by Crippen LogP contribution is -2.41. The van der Waals surface area contributed by atoms with Crippen molar-refractivity contribution in [1.82, 2.24) is 24.0 Å². The average molecular weight is 475 g/mol. The van der Waals surface area contributed by atoms with Crippen molar-refractivity contribution in [2.75, 3.05) is 27.4 Å². The van der Waals surface area contributed by atoms with E-state index >= 15 is 0 Å². The van der Waals surface area contributed by atoms with Crippen molar-refractivity contribution in [3.8, 4) is 17.3 Å². The minimum atomic E-state index is -0.00142. The molecule has 9 nitrogen and oxygen atoms in total. The second kappa shape index (κ2) is 8.35. The molecule has 2 bridgehead atoms. The summed E-state index contributed by atoms with van der Waals surface area (Å²) < 4.78 is 15.3. The smallest absolute Gasteiger partial charge is 0.254 e. The summed E-state index contributed by atoms with van der Waals surface area (Å²) in [6.45, 7) is 1.93. The second-order valence-corrected chi connectivity index (χ2v) is 9.57. The van der Waals surface area contributed by atoms with Gasteiger partial charge in [-0.25, -0.2) is 9.97 Å². The molecule has 6 rings (SSSR count). The first-order chi connectivity index (χ1) is 17.0. The second-order valence-electron chi connectivity index (χ2n) is 9.57. The molecule has 3 aromatic heterocycles. The lowest BCUT2D eigenvalue weighted by atomic mass is 10.1. The Kier molecular flexibility index (Phi) is 5.26. The number of likely N-dealkylation sites (tertiary alicyclic amines) is 1. The first kappa shape index (κ1) is 22.1. The Morgan fingerprint density at radius 2 is 2.09 bits per heavy atom. The summed E-state index contributed by atoms with van der Waals surface area (Å²) in [7, 11) is 5.29. The van der Waals surface area contributed by atoms with Gasteiger partial charge in [0.15, 0.2) is 5.82 Å². The summed E-state index contributed by atoms with van der Waals surface area (Å²) in [5.74, 6) is 1.80. The van der Waals surface area contributed by atoms with E-state index in [2.05, 4.69) is 15.6 Å². The molecular formula is C26H30N6O3. The molecule has 0 spiro atoms. The maximum absolute atomic E-state index is 13.5. The van der Waals surface area contributed by atoms with Gasteiger partial charge in [-0.3, -0.25) is 4.79 Å². The number of pyridine rings is 1. The van der Waals surface area contributed by atoms with Crippen LogP contribution in [0.15, 0.2) is 36.5 Å². The highest BCUT2D eigenvalue weighted by Crippen LogP contribution is 2.39. The summed E-state index contributed by atoms with van der Waals surface area (Å²) >= 11 is 0. The number of imidazole rings is 1. The highest BCUT2D eigenvalue weighted by Gasteiger charge is 2.47. The number of amides is 1. The normalized spacial score (nSPS) is 21.5. The van der Waals surface area contributed by atoms with Gasteiger partial charge < -0.3 is 29.2 Å². The topological polar surface area (TPSA) is 100 Å². The van der Waals surface area contributed by atoms with Crippen LogP contribution >= 0.6 is 0 Å². The number of ether oxygens (including phenoxy) is 2. The van der Waals surface area contributed by atoms with Crippen LogP contribution in [0.3, 0.4) is 0 Å². The minimum absolute atomic E-state index is 0.00142. The van der Waals surface area contributed by atoms with Crippen LogP contribution in [-0.4, -0.2) is 69.4 Å². The van der Waals surface area contributed by atoms with Gasteiger partial charge in [-0.1, -0.05) is 0 Å². The fourth-order valence-electron chi connectivity index (χ4n) is 5.95. The van der Waals surface area contributed by atoms with Crippen molar-refractivity contribution >= 4 is 28.0 Å². The number of nitrogens with two attached hydrogens (primary N) is 1. The fraction of sp³-hybridized carbons (Fsp3) is 0.423. The number of hydrogen-bond donors (Lipinski definition) is 1. The van der Waals surface area contributed by atoms with E-state index in [1.54, 1.807) is 20.4 Å². The van der Waals surface area contributed by atoms with Crippen LogP contribution in [0, 0.1) is 5.92 Å². The van der Waals surface area contributed by atoms with E-state index in [1.165, 1.54) is 0 Å². The Morgan fingerprint density at radius 3 is 2.80 bits per heavy atom. The molecule has 35 heavy (non-hydrogen) atoms. The predicted molar refractivity (Wildman–Crippen MR) is 133 cm³/mol. The molecule has 1 amide bonds. The highest BCUT2D eigenvalue weighted by atomic mass is 16.5. The molecular weight excluding hydrogens is 444 g/mol. The largest absolute Gasteiger partial charge is 0.494 e. The maximum atomic E-state index is 13.5. The van der Waals surface area contributed by atoms with E-state index in [-0.39, 0.29) is 18.0 Å². The van der Waals surface area contributed by atoms with Crippen molar-refractivity contribution < 1.29 is 14.3 Å². The van der Waals surface area contributed by atoms with Gasteiger partial charge >= 0.3 is 0 Å². The zero-order valence-electron chi connectivity index (χ0n) is 20.3. The number of carbonyl (C=O) groups is 1. The summed E-state index contributed by atoms with van der Waals surface area (Å²) in [5, 5.41) is 1.04. The first-order valence-corrected chi connectivity index (χ1v) is 12.1. The third-order valence-corrected chi connectivity index (χ3v) is 7.72. The molecule has 1 aromatic carbocycles. The molecule has 4 aromatic rings. The summed E-state index contributed by atoms with van der Waals surface area (Å²) in [4.78, 5) is 25.0. The number of nitrogens with zero attached hydrogens (tertiary/aromatic N) is 5.